The molecule has 0 radical (unpaired) electrons. The first-order valence-electron chi connectivity index (χ1n) is 19.1. The number of unbranched alkanes of at least 4 members (excludes halogenated alkanes) is 3. The van der Waals surface area contributed by atoms with E-state index in [1.54, 1.807) is 0 Å². The van der Waals surface area contributed by atoms with Crippen LogP contribution in [0.1, 0.15) is 174 Å². The number of hydrogen-bond acceptors (Lipinski definition) is 0. The van der Waals surface area contributed by atoms with Gasteiger partial charge in [-0.1, -0.05) is 203 Å². The van der Waals surface area contributed by atoms with Crippen molar-refractivity contribution in [1.82, 2.24) is 0 Å². The maximum absolute atomic E-state index is 5.91. The summed E-state index contributed by atoms with van der Waals surface area (Å²) in [4.78, 5) is 0. The first-order valence-corrected chi connectivity index (χ1v) is 19.1. The zero-order valence-corrected chi connectivity index (χ0v) is 33.7. The van der Waals surface area contributed by atoms with Crippen molar-refractivity contribution in [1.29, 1.82) is 0 Å². The van der Waals surface area contributed by atoms with Gasteiger partial charge in [-0.15, -0.1) is 24.2 Å². The molecule has 0 bridgehead atoms. The van der Waals surface area contributed by atoms with E-state index in [0.29, 0.717) is 47.8 Å². The molecule has 0 aromatic carbocycles. The van der Waals surface area contributed by atoms with Crippen molar-refractivity contribution < 1.29 is 16.8 Å². The van der Waals surface area contributed by atoms with Crippen LogP contribution in [-0.2, 0) is 16.8 Å². The summed E-state index contributed by atoms with van der Waals surface area (Å²) < 4.78 is 0. The fourth-order valence-electron chi connectivity index (χ4n) is 8.18. The molecular formula is C41H81CoN2. The molecule has 0 N–H and O–H groups in total. The molecule has 0 heterocycles. The van der Waals surface area contributed by atoms with Crippen LogP contribution in [0.15, 0.2) is 0 Å². The van der Waals surface area contributed by atoms with Gasteiger partial charge in [0.05, 0.1) is 0 Å². The Labute approximate surface area is 290 Å². The molecule has 2 saturated carbocycles. The molecule has 0 aromatic rings. The van der Waals surface area contributed by atoms with E-state index < -0.39 is 0 Å². The molecule has 2 nitrogen and oxygen atoms in total. The Morgan fingerprint density at radius 3 is 1.05 bits per heavy atom. The molecule has 0 saturated heterocycles. The fourth-order valence-corrected chi connectivity index (χ4v) is 8.18. The fraction of sp³-hybridized carbons (Fsp3) is 0.976. The molecule has 2 aliphatic rings. The van der Waals surface area contributed by atoms with Crippen LogP contribution in [0.4, 0.5) is 0 Å². The third-order valence-electron chi connectivity index (χ3n) is 11.3. The van der Waals surface area contributed by atoms with E-state index in [1.807, 2.05) is 0 Å². The molecule has 0 aliphatic heterocycles. The summed E-state index contributed by atoms with van der Waals surface area (Å²) in [5.74, 6) is 5.74. The zero-order chi connectivity index (χ0) is 33.1. The summed E-state index contributed by atoms with van der Waals surface area (Å²) >= 11 is 0. The smallest absolute Gasteiger partial charge is 0.656 e. The van der Waals surface area contributed by atoms with Gasteiger partial charge in [0, 0.05) is 0 Å². The normalized spacial score (nSPS) is 28.1. The molecule has 6 unspecified atom stereocenters. The number of nitrogens with zero attached hydrogens (tertiary/aromatic N) is 2. The van der Waals surface area contributed by atoms with Gasteiger partial charge in [0.25, 0.3) is 0 Å². The third kappa shape index (κ3) is 14.3. The maximum Gasteiger partial charge on any atom is 3.00 e. The molecule has 2 fully saturated rings. The summed E-state index contributed by atoms with van der Waals surface area (Å²) in [5.41, 5.74) is 0.308. The van der Waals surface area contributed by atoms with Gasteiger partial charge in [-0.05, 0) is 23.7 Å². The molecule has 44 heavy (non-hydrogen) atoms. The second-order valence-electron chi connectivity index (χ2n) is 18.3. The SMILES string of the molecule is CC(C)C1CCC[C@H](C(C)C)C1[N-]C(CC([N-]C1C(C(C)C)CCC[C@H]1C(C)C)C(C)(C)C)C(C)(C)C.[CH2-]CCCCC.[Co+3]. The topological polar surface area (TPSA) is 28.2 Å². The second-order valence-corrected chi connectivity index (χ2v) is 18.3. The Kier molecular flexibility index (Phi) is 20.9. The molecule has 2 rings (SSSR count). The zero-order valence-electron chi connectivity index (χ0n) is 32.6. The van der Waals surface area contributed by atoms with Gasteiger partial charge in [-0.2, -0.15) is 6.42 Å². The Hall–Kier alpha value is 0.426. The molecule has 0 amide bonds. The van der Waals surface area contributed by atoms with Crippen LogP contribution < -0.4 is 0 Å². The Morgan fingerprint density at radius 2 is 0.864 bits per heavy atom. The summed E-state index contributed by atoms with van der Waals surface area (Å²) in [6.45, 7) is 40.1. The Balaban J connectivity index is 0.00000239. The van der Waals surface area contributed by atoms with E-state index in [9.17, 15) is 0 Å². The van der Waals surface area contributed by atoms with Gasteiger partial charge in [0.1, 0.15) is 0 Å². The number of hydrogen-bond donors (Lipinski definition) is 0. The van der Waals surface area contributed by atoms with Crippen molar-refractivity contribution in [2.45, 2.75) is 199 Å². The average molecular weight is 661 g/mol. The van der Waals surface area contributed by atoms with Crippen molar-refractivity contribution in [3.63, 3.8) is 0 Å². The third-order valence-corrected chi connectivity index (χ3v) is 11.3. The van der Waals surface area contributed by atoms with E-state index in [1.165, 1.54) is 57.8 Å². The molecule has 264 valence electrons. The van der Waals surface area contributed by atoms with Gasteiger partial charge in [-0.3, -0.25) is 0 Å². The van der Waals surface area contributed by atoms with Crippen LogP contribution in [0.25, 0.3) is 10.6 Å². The first-order chi connectivity index (χ1) is 19.9. The molecule has 3 heteroatoms. The van der Waals surface area contributed by atoms with Gasteiger partial charge in [-0.25, -0.2) is 0 Å². The molecule has 2 aliphatic carbocycles. The quantitative estimate of drug-likeness (QED) is 0.139. The minimum Gasteiger partial charge on any atom is -0.656 e. The predicted octanol–water partition coefficient (Wildman–Crippen LogP) is 13.5. The van der Waals surface area contributed by atoms with Crippen LogP contribution in [-0.4, -0.2) is 24.2 Å². The summed E-state index contributed by atoms with van der Waals surface area (Å²) in [6, 6.07) is 1.70. The maximum atomic E-state index is 5.91. The van der Waals surface area contributed by atoms with Gasteiger partial charge < -0.3 is 17.6 Å². The van der Waals surface area contributed by atoms with Crippen LogP contribution in [0.3, 0.4) is 0 Å². The van der Waals surface area contributed by atoms with E-state index in [0.717, 1.165) is 36.5 Å². The summed E-state index contributed by atoms with van der Waals surface area (Å²) in [7, 11) is 0. The van der Waals surface area contributed by atoms with Crippen molar-refractivity contribution in [3.05, 3.63) is 17.6 Å². The Bertz CT molecular complexity index is 623. The van der Waals surface area contributed by atoms with Gasteiger partial charge in [0.2, 0.25) is 0 Å². The van der Waals surface area contributed by atoms with E-state index in [2.05, 4.69) is 111 Å². The number of rotatable bonds is 13. The predicted molar refractivity (Wildman–Crippen MR) is 196 cm³/mol. The monoisotopic (exact) mass is 661 g/mol. The Morgan fingerprint density at radius 1 is 0.568 bits per heavy atom. The molecular weight excluding hydrogens is 579 g/mol. The van der Waals surface area contributed by atoms with Gasteiger partial charge in [0.15, 0.2) is 0 Å². The van der Waals surface area contributed by atoms with E-state index in [4.69, 9.17) is 10.6 Å². The largest absolute Gasteiger partial charge is 3.00 e. The van der Waals surface area contributed by atoms with Crippen LogP contribution in [0.2, 0.25) is 0 Å². The van der Waals surface area contributed by atoms with Crippen molar-refractivity contribution >= 4 is 0 Å². The van der Waals surface area contributed by atoms with Crippen LogP contribution in [0.5, 0.6) is 0 Å². The minimum absolute atomic E-state index is 0. The van der Waals surface area contributed by atoms with Crippen molar-refractivity contribution in [2.75, 3.05) is 0 Å². The average Bonchev–Trinajstić information content (AvgIpc) is 2.89. The first kappa shape index (κ1) is 44.4. The standard InChI is InChI=1S/C35H68N2.C6H13.Co/c1-22(2)26-17-15-18-27(23(3)4)32(26)36-30(34(9,10)11)21-31(35(12,13)14)37-33-28(24(5)6)19-16-20-29(33)25(7)8;1-3-5-6-4-2;/h22-33H,15-21H2,1-14H3;1,3-6H2,2H3;/q-2;-1;+3/t26-,27?,28+,29?,30?,31?,32?,33?;;. The van der Waals surface area contributed by atoms with Crippen LogP contribution in [0, 0.1) is 65.1 Å². The van der Waals surface area contributed by atoms with Gasteiger partial charge >= 0.3 is 16.8 Å². The van der Waals surface area contributed by atoms with Crippen molar-refractivity contribution in [2.24, 2.45) is 58.2 Å². The van der Waals surface area contributed by atoms with Crippen LogP contribution >= 0.6 is 0 Å². The van der Waals surface area contributed by atoms with Crippen molar-refractivity contribution in [3.8, 4) is 0 Å². The summed E-state index contributed by atoms with van der Waals surface area (Å²) in [5, 5.41) is 11.8. The van der Waals surface area contributed by atoms with E-state index in [-0.39, 0.29) is 27.6 Å². The molecule has 8 atom stereocenters. The van der Waals surface area contributed by atoms with E-state index >= 15 is 0 Å². The molecule has 0 spiro atoms. The molecule has 0 aromatic heterocycles. The minimum atomic E-state index is 0. The summed E-state index contributed by atoms with van der Waals surface area (Å²) in [6.07, 6.45) is 14.4. The second kappa shape index (κ2) is 20.7.